The number of hydrogen-bond acceptors (Lipinski definition) is 4. The van der Waals surface area contributed by atoms with E-state index in [4.69, 9.17) is 0 Å². The van der Waals surface area contributed by atoms with Gasteiger partial charge in [-0.05, 0) is 29.7 Å². The van der Waals surface area contributed by atoms with E-state index >= 15 is 0 Å². The van der Waals surface area contributed by atoms with E-state index in [-0.39, 0.29) is 24.2 Å². The monoisotopic (exact) mass is 314 g/mol. The van der Waals surface area contributed by atoms with Gasteiger partial charge in [0.25, 0.3) is 0 Å². The molecule has 5 nitrogen and oxygen atoms in total. The van der Waals surface area contributed by atoms with Crippen molar-refractivity contribution in [1.82, 2.24) is 9.88 Å². The number of aliphatic imine (C=N–C) groups is 1. The van der Waals surface area contributed by atoms with Crippen LogP contribution in [0, 0.1) is 0 Å². The van der Waals surface area contributed by atoms with Gasteiger partial charge in [0, 0.05) is 18.9 Å². The number of rotatable bonds is 4. The molecule has 120 valence electrons. The smallest absolute Gasteiger partial charge is 0.227 e. The molecular weight excluding hydrogens is 295 g/mol. The third-order valence-electron chi connectivity index (χ3n) is 3.83. The largest absolute Gasteiger partial charge is 0.328 e. The lowest BCUT2D eigenvalue weighted by atomic mass is 10.1. The van der Waals surface area contributed by atoms with E-state index in [2.05, 4.69) is 29.1 Å². The van der Waals surface area contributed by atoms with Crippen molar-refractivity contribution in [3.63, 3.8) is 0 Å². The highest BCUT2D eigenvalue weighted by molar-refractivity contribution is 5.97. The SMILES string of the molecule is CC(C)c1ccc(NC(=O)CC2CN3C=C(F)C=CC3=N2)nc1. The van der Waals surface area contributed by atoms with Crippen LogP contribution in [-0.4, -0.2) is 34.2 Å². The predicted molar refractivity (Wildman–Crippen MR) is 87.8 cm³/mol. The Hall–Kier alpha value is -2.50. The lowest BCUT2D eigenvalue weighted by Gasteiger charge is -2.16. The molecule has 3 rings (SSSR count). The molecule has 0 fully saturated rings. The van der Waals surface area contributed by atoms with Crippen LogP contribution in [-0.2, 0) is 4.79 Å². The number of allylic oxidation sites excluding steroid dienone is 2. The average Bonchev–Trinajstić information content (AvgIpc) is 2.88. The van der Waals surface area contributed by atoms with E-state index in [0.29, 0.717) is 24.1 Å². The molecule has 2 aliphatic rings. The zero-order chi connectivity index (χ0) is 16.4. The fourth-order valence-electron chi connectivity index (χ4n) is 2.57. The Kier molecular flexibility index (Phi) is 4.23. The van der Waals surface area contributed by atoms with Gasteiger partial charge in [0.05, 0.1) is 12.5 Å². The van der Waals surface area contributed by atoms with Crippen LogP contribution < -0.4 is 5.32 Å². The molecule has 1 unspecified atom stereocenters. The first kappa shape index (κ1) is 15.4. The van der Waals surface area contributed by atoms with Crippen molar-refractivity contribution in [1.29, 1.82) is 0 Å². The number of aromatic nitrogens is 1. The van der Waals surface area contributed by atoms with Gasteiger partial charge < -0.3 is 10.2 Å². The molecule has 0 bridgehead atoms. The third kappa shape index (κ3) is 3.64. The summed E-state index contributed by atoms with van der Waals surface area (Å²) in [6.45, 7) is 4.70. The van der Waals surface area contributed by atoms with Crippen LogP contribution in [0.5, 0.6) is 0 Å². The van der Waals surface area contributed by atoms with Crippen LogP contribution in [0.1, 0.15) is 31.7 Å². The molecule has 23 heavy (non-hydrogen) atoms. The zero-order valence-electron chi connectivity index (χ0n) is 13.2. The molecule has 3 heterocycles. The first-order chi connectivity index (χ1) is 11.0. The number of anilines is 1. The van der Waals surface area contributed by atoms with Gasteiger partial charge in [-0.1, -0.05) is 19.9 Å². The third-order valence-corrected chi connectivity index (χ3v) is 3.83. The predicted octanol–water partition coefficient (Wildman–Crippen LogP) is 3.00. The standard InChI is InChI=1S/C17H19FN4O/c1-11(2)12-3-5-15(19-8-12)21-17(23)7-14-10-22-9-13(18)4-6-16(22)20-14/h3-6,8-9,11,14H,7,10H2,1-2H3,(H,19,21,23). The summed E-state index contributed by atoms with van der Waals surface area (Å²) in [5, 5.41) is 2.78. The van der Waals surface area contributed by atoms with Crippen molar-refractivity contribution in [2.75, 3.05) is 11.9 Å². The lowest BCUT2D eigenvalue weighted by molar-refractivity contribution is -0.116. The van der Waals surface area contributed by atoms with Crippen molar-refractivity contribution in [2.45, 2.75) is 32.2 Å². The highest BCUT2D eigenvalue weighted by Gasteiger charge is 2.26. The molecule has 0 aromatic carbocycles. The van der Waals surface area contributed by atoms with Crippen molar-refractivity contribution in [2.24, 2.45) is 4.99 Å². The first-order valence-corrected chi connectivity index (χ1v) is 7.67. The van der Waals surface area contributed by atoms with Gasteiger partial charge >= 0.3 is 0 Å². The number of nitrogens with zero attached hydrogens (tertiary/aromatic N) is 3. The second-order valence-corrected chi connectivity index (χ2v) is 6.02. The summed E-state index contributed by atoms with van der Waals surface area (Å²) in [6.07, 6.45) is 6.42. The first-order valence-electron chi connectivity index (χ1n) is 7.67. The van der Waals surface area contributed by atoms with Crippen LogP contribution in [0.2, 0.25) is 0 Å². The Morgan fingerprint density at radius 3 is 2.96 bits per heavy atom. The number of amides is 1. The second-order valence-electron chi connectivity index (χ2n) is 6.02. The fraction of sp³-hybridized carbons (Fsp3) is 0.353. The van der Waals surface area contributed by atoms with Crippen molar-refractivity contribution >= 4 is 17.6 Å². The Morgan fingerprint density at radius 2 is 2.26 bits per heavy atom. The number of amidine groups is 1. The quantitative estimate of drug-likeness (QED) is 0.929. The maximum absolute atomic E-state index is 13.2. The van der Waals surface area contributed by atoms with Crippen LogP contribution in [0.3, 0.4) is 0 Å². The molecule has 0 radical (unpaired) electrons. The Morgan fingerprint density at radius 1 is 1.43 bits per heavy atom. The minimum Gasteiger partial charge on any atom is -0.328 e. The number of hydrogen-bond donors (Lipinski definition) is 1. The maximum atomic E-state index is 13.2. The van der Waals surface area contributed by atoms with Gasteiger partial charge in [-0.25, -0.2) is 9.37 Å². The zero-order valence-corrected chi connectivity index (χ0v) is 13.2. The van der Waals surface area contributed by atoms with E-state index in [1.54, 1.807) is 23.2 Å². The van der Waals surface area contributed by atoms with E-state index in [1.807, 2.05) is 6.07 Å². The van der Waals surface area contributed by atoms with E-state index in [0.717, 1.165) is 5.56 Å². The summed E-state index contributed by atoms with van der Waals surface area (Å²) in [7, 11) is 0. The molecule has 0 saturated carbocycles. The van der Waals surface area contributed by atoms with Gasteiger partial charge in [0.1, 0.15) is 17.5 Å². The Balaban J connectivity index is 1.56. The normalized spacial score (nSPS) is 19.5. The number of fused-ring (bicyclic) bond motifs is 1. The molecule has 0 spiro atoms. The average molecular weight is 314 g/mol. The molecule has 1 aromatic heterocycles. The summed E-state index contributed by atoms with van der Waals surface area (Å²) in [4.78, 5) is 22.5. The summed E-state index contributed by atoms with van der Waals surface area (Å²) in [5.74, 6) is 1.19. The number of carbonyl (C=O) groups excluding carboxylic acids is 1. The summed E-state index contributed by atoms with van der Waals surface area (Å²) in [6, 6.07) is 3.59. The molecule has 6 heteroatoms. The summed E-state index contributed by atoms with van der Waals surface area (Å²) < 4.78 is 13.2. The molecule has 0 saturated heterocycles. The van der Waals surface area contributed by atoms with Gasteiger partial charge in [-0.15, -0.1) is 0 Å². The molecular formula is C17H19FN4O. The van der Waals surface area contributed by atoms with Crippen molar-refractivity contribution in [3.8, 4) is 0 Å². The fourth-order valence-corrected chi connectivity index (χ4v) is 2.57. The van der Waals surface area contributed by atoms with E-state index in [1.165, 1.54) is 12.3 Å². The van der Waals surface area contributed by atoms with Gasteiger partial charge in [0.15, 0.2) is 0 Å². The van der Waals surface area contributed by atoms with Crippen LogP contribution in [0.25, 0.3) is 0 Å². The van der Waals surface area contributed by atoms with Crippen LogP contribution >= 0.6 is 0 Å². The van der Waals surface area contributed by atoms with Gasteiger partial charge in [-0.2, -0.15) is 0 Å². The number of pyridine rings is 1. The number of halogens is 1. The Bertz CT molecular complexity index is 691. The van der Waals surface area contributed by atoms with Gasteiger partial charge in [-0.3, -0.25) is 9.79 Å². The maximum Gasteiger partial charge on any atom is 0.227 e. The second kappa shape index (κ2) is 6.32. The molecule has 1 amide bonds. The minimum absolute atomic E-state index is 0.141. The number of carbonyl (C=O) groups is 1. The summed E-state index contributed by atoms with van der Waals surface area (Å²) >= 11 is 0. The van der Waals surface area contributed by atoms with Crippen molar-refractivity contribution in [3.05, 3.63) is 48.1 Å². The Labute approximate surface area is 134 Å². The summed E-state index contributed by atoms with van der Waals surface area (Å²) in [5.41, 5.74) is 1.13. The van der Waals surface area contributed by atoms with Crippen molar-refractivity contribution < 1.29 is 9.18 Å². The van der Waals surface area contributed by atoms with E-state index < -0.39 is 0 Å². The lowest BCUT2D eigenvalue weighted by Crippen LogP contribution is -2.26. The highest BCUT2D eigenvalue weighted by Crippen LogP contribution is 2.20. The topological polar surface area (TPSA) is 57.6 Å². The minimum atomic E-state index is -0.302. The number of nitrogens with one attached hydrogen (secondary N) is 1. The van der Waals surface area contributed by atoms with Crippen LogP contribution in [0.4, 0.5) is 10.2 Å². The highest BCUT2D eigenvalue weighted by atomic mass is 19.1. The molecule has 1 N–H and O–H groups in total. The van der Waals surface area contributed by atoms with Crippen LogP contribution in [0.15, 0.2) is 47.5 Å². The molecule has 1 aromatic rings. The molecule has 1 atom stereocenters. The van der Waals surface area contributed by atoms with E-state index in [9.17, 15) is 9.18 Å². The van der Waals surface area contributed by atoms with Gasteiger partial charge in [0.2, 0.25) is 5.91 Å². The molecule has 0 aliphatic carbocycles. The molecule has 2 aliphatic heterocycles.